The fourth-order valence-electron chi connectivity index (χ4n) is 2.99. The Morgan fingerprint density at radius 1 is 0.960 bits per heavy atom. The third-order valence-electron chi connectivity index (χ3n) is 4.50. The highest BCUT2D eigenvalue weighted by Gasteiger charge is 2.29. The number of halogens is 1. The SMILES string of the molecule is Nc1ccccc1S(=O)(=O)N1CCN(CCc2ccc(F)cc2)CC1. The van der Waals surface area contributed by atoms with Gasteiger partial charge in [0, 0.05) is 32.7 Å². The van der Waals surface area contributed by atoms with Crippen LogP contribution in [0.5, 0.6) is 0 Å². The number of hydrogen-bond donors (Lipinski definition) is 1. The molecule has 2 aromatic rings. The van der Waals surface area contributed by atoms with Crippen molar-refractivity contribution in [2.45, 2.75) is 11.3 Å². The molecule has 0 bridgehead atoms. The van der Waals surface area contributed by atoms with E-state index in [1.54, 1.807) is 36.4 Å². The van der Waals surface area contributed by atoms with Gasteiger partial charge in [0.2, 0.25) is 10.0 Å². The third kappa shape index (κ3) is 4.18. The molecule has 134 valence electrons. The number of rotatable bonds is 5. The maximum absolute atomic E-state index is 12.9. The first kappa shape index (κ1) is 17.8. The van der Waals surface area contributed by atoms with Crippen LogP contribution >= 0.6 is 0 Å². The molecule has 2 aromatic carbocycles. The van der Waals surface area contributed by atoms with Crippen molar-refractivity contribution in [2.75, 3.05) is 38.5 Å². The molecular formula is C18H22FN3O2S. The lowest BCUT2D eigenvalue weighted by Gasteiger charge is -2.34. The predicted molar refractivity (Wildman–Crippen MR) is 96.2 cm³/mol. The van der Waals surface area contributed by atoms with Gasteiger partial charge in [-0.25, -0.2) is 12.8 Å². The molecule has 0 radical (unpaired) electrons. The zero-order valence-corrected chi connectivity index (χ0v) is 14.8. The van der Waals surface area contributed by atoms with Crippen LogP contribution in [0, 0.1) is 5.82 Å². The van der Waals surface area contributed by atoms with Gasteiger partial charge in [0.25, 0.3) is 0 Å². The number of sulfonamides is 1. The summed E-state index contributed by atoms with van der Waals surface area (Å²) in [5.74, 6) is -0.234. The van der Waals surface area contributed by atoms with Gasteiger partial charge in [-0.1, -0.05) is 24.3 Å². The van der Waals surface area contributed by atoms with Gasteiger partial charge >= 0.3 is 0 Å². The van der Waals surface area contributed by atoms with Crippen LogP contribution in [0.25, 0.3) is 0 Å². The van der Waals surface area contributed by atoms with E-state index >= 15 is 0 Å². The molecule has 1 fully saturated rings. The number of nitrogens with zero attached hydrogens (tertiary/aromatic N) is 2. The fraction of sp³-hybridized carbons (Fsp3) is 0.333. The van der Waals surface area contributed by atoms with Crippen molar-refractivity contribution in [1.29, 1.82) is 0 Å². The van der Waals surface area contributed by atoms with Gasteiger partial charge in [-0.3, -0.25) is 0 Å². The molecule has 2 N–H and O–H groups in total. The zero-order valence-electron chi connectivity index (χ0n) is 13.9. The number of para-hydroxylation sites is 1. The second kappa shape index (κ2) is 7.51. The quantitative estimate of drug-likeness (QED) is 0.825. The first-order valence-corrected chi connectivity index (χ1v) is 9.72. The van der Waals surface area contributed by atoms with Crippen molar-refractivity contribution in [1.82, 2.24) is 9.21 Å². The van der Waals surface area contributed by atoms with E-state index in [1.807, 2.05) is 0 Å². The van der Waals surface area contributed by atoms with Crippen LogP contribution in [-0.4, -0.2) is 50.3 Å². The average Bonchev–Trinajstić information content (AvgIpc) is 2.62. The number of nitrogen functional groups attached to an aromatic ring is 1. The van der Waals surface area contributed by atoms with Gasteiger partial charge in [0.15, 0.2) is 0 Å². The molecule has 0 spiro atoms. The number of piperazine rings is 1. The minimum Gasteiger partial charge on any atom is -0.398 e. The van der Waals surface area contributed by atoms with Crippen LogP contribution in [0.4, 0.5) is 10.1 Å². The first-order chi connectivity index (χ1) is 12.0. The summed E-state index contributed by atoms with van der Waals surface area (Å²) < 4.78 is 39.9. The maximum Gasteiger partial charge on any atom is 0.245 e. The molecule has 0 aliphatic carbocycles. The molecular weight excluding hydrogens is 341 g/mol. The highest BCUT2D eigenvalue weighted by Crippen LogP contribution is 2.23. The largest absolute Gasteiger partial charge is 0.398 e. The monoisotopic (exact) mass is 363 g/mol. The summed E-state index contributed by atoms with van der Waals surface area (Å²) in [7, 11) is -3.55. The van der Waals surface area contributed by atoms with Gasteiger partial charge in [0.05, 0.1) is 5.69 Å². The highest BCUT2D eigenvalue weighted by molar-refractivity contribution is 7.89. The number of benzene rings is 2. The molecule has 1 saturated heterocycles. The minimum atomic E-state index is -3.55. The van der Waals surface area contributed by atoms with E-state index in [2.05, 4.69) is 4.90 Å². The number of anilines is 1. The summed E-state index contributed by atoms with van der Waals surface area (Å²) in [6.45, 7) is 3.06. The lowest BCUT2D eigenvalue weighted by atomic mass is 10.1. The van der Waals surface area contributed by atoms with E-state index in [4.69, 9.17) is 5.73 Å². The first-order valence-electron chi connectivity index (χ1n) is 8.28. The molecule has 0 amide bonds. The fourth-order valence-corrected chi connectivity index (χ4v) is 4.52. The molecule has 0 saturated carbocycles. The summed E-state index contributed by atoms with van der Waals surface area (Å²) >= 11 is 0. The Hall–Kier alpha value is -1.96. The summed E-state index contributed by atoms with van der Waals surface area (Å²) in [6, 6.07) is 13.1. The normalized spacial score (nSPS) is 16.8. The molecule has 0 atom stereocenters. The Bertz CT molecular complexity index is 816. The Morgan fingerprint density at radius 3 is 2.24 bits per heavy atom. The van der Waals surface area contributed by atoms with E-state index in [0.29, 0.717) is 26.2 Å². The van der Waals surface area contributed by atoms with Crippen LogP contribution in [0.2, 0.25) is 0 Å². The summed E-state index contributed by atoms with van der Waals surface area (Å²) in [5.41, 5.74) is 7.18. The second-order valence-electron chi connectivity index (χ2n) is 6.16. The van der Waals surface area contributed by atoms with E-state index in [9.17, 15) is 12.8 Å². The van der Waals surface area contributed by atoms with Crippen molar-refractivity contribution in [3.63, 3.8) is 0 Å². The lowest BCUT2D eigenvalue weighted by molar-refractivity contribution is 0.190. The second-order valence-corrected chi connectivity index (χ2v) is 8.07. The van der Waals surface area contributed by atoms with Gasteiger partial charge < -0.3 is 10.6 Å². The molecule has 0 aromatic heterocycles. The third-order valence-corrected chi connectivity index (χ3v) is 6.47. The van der Waals surface area contributed by atoms with Gasteiger partial charge in [-0.05, 0) is 36.2 Å². The van der Waals surface area contributed by atoms with Gasteiger partial charge in [-0.2, -0.15) is 4.31 Å². The smallest absolute Gasteiger partial charge is 0.245 e. The highest BCUT2D eigenvalue weighted by atomic mass is 32.2. The van der Waals surface area contributed by atoms with Crippen LogP contribution in [0.1, 0.15) is 5.56 Å². The standard InChI is InChI=1S/C18H22FN3O2S/c19-16-7-5-15(6-8-16)9-10-21-11-13-22(14-12-21)25(23,24)18-4-2-1-3-17(18)20/h1-8H,9-14,20H2. The van der Waals surface area contributed by atoms with Crippen LogP contribution in [0.15, 0.2) is 53.4 Å². The van der Waals surface area contributed by atoms with Crippen molar-refractivity contribution < 1.29 is 12.8 Å². The van der Waals surface area contributed by atoms with E-state index < -0.39 is 10.0 Å². The van der Waals surface area contributed by atoms with Crippen molar-refractivity contribution >= 4 is 15.7 Å². The topological polar surface area (TPSA) is 66.6 Å². The van der Waals surface area contributed by atoms with Crippen molar-refractivity contribution in [3.8, 4) is 0 Å². The molecule has 7 heteroatoms. The Kier molecular flexibility index (Phi) is 5.36. The molecule has 1 heterocycles. The molecule has 5 nitrogen and oxygen atoms in total. The van der Waals surface area contributed by atoms with Crippen molar-refractivity contribution in [2.24, 2.45) is 0 Å². The summed E-state index contributed by atoms with van der Waals surface area (Å²) in [4.78, 5) is 2.40. The predicted octanol–water partition coefficient (Wildman–Crippen LogP) is 1.96. The Labute approximate surface area is 147 Å². The van der Waals surface area contributed by atoms with Crippen LogP contribution < -0.4 is 5.73 Å². The van der Waals surface area contributed by atoms with Gasteiger partial charge in [-0.15, -0.1) is 0 Å². The number of hydrogen-bond acceptors (Lipinski definition) is 4. The summed E-state index contributed by atoms with van der Waals surface area (Å²) in [6.07, 6.45) is 0.818. The van der Waals surface area contributed by atoms with Crippen LogP contribution in [0.3, 0.4) is 0 Å². The molecule has 1 aliphatic rings. The molecule has 1 aliphatic heterocycles. The zero-order chi connectivity index (χ0) is 17.9. The number of nitrogens with two attached hydrogens (primary N) is 1. The molecule has 25 heavy (non-hydrogen) atoms. The molecule has 0 unspecified atom stereocenters. The maximum atomic E-state index is 12.9. The van der Waals surface area contributed by atoms with Crippen LogP contribution in [-0.2, 0) is 16.4 Å². The summed E-state index contributed by atoms with van der Waals surface area (Å²) in [5, 5.41) is 0. The van der Waals surface area contributed by atoms with E-state index in [1.165, 1.54) is 16.4 Å². The Morgan fingerprint density at radius 2 is 1.60 bits per heavy atom. The minimum absolute atomic E-state index is 0.176. The molecule has 3 rings (SSSR count). The van der Waals surface area contributed by atoms with E-state index in [0.717, 1.165) is 18.5 Å². The van der Waals surface area contributed by atoms with Gasteiger partial charge in [0.1, 0.15) is 10.7 Å². The average molecular weight is 363 g/mol. The Balaban J connectivity index is 1.56. The lowest BCUT2D eigenvalue weighted by Crippen LogP contribution is -2.49. The van der Waals surface area contributed by atoms with E-state index in [-0.39, 0.29) is 16.4 Å². The van der Waals surface area contributed by atoms with Crippen molar-refractivity contribution in [3.05, 3.63) is 59.9 Å².